The minimum Gasteiger partial charge on any atom is -0.478 e. The second-order valence-electron chi connectivity index (χ2n) is 5.88. The van der Waals surface area contributed by atoms with Gasteiger partial charge in [0.05, 0.1) is 16.1 Å². The molecule has 0 spiro atoms. The number of aryl methyl sites for hydroxylation is 1. The first-order valence-corrected chi connectivity index (χ1v) is 9.51. The molecule has 0 saturated carbocycles. The van der Waals surface area contributed by atoms with Crippen LogP contribution in [-0.4, -0.2) is 22.6 Å². The van der Waals surface area contributed by atoms with Crippen LogP contribution in [0.25, 0.3) is 22.2 Å². The van der Waals surface area contributed by atoms with Crippen molar-refractivity contribution in [2.24, 2.45) is 5.73 Å². The van der Waals surface area contributed by atoms with Gasteiger partial charge in [0, 0.05) is 14.7 Å². The van der Waals surface area contributed by atoms with Crippen LogP contribution in [0.3, 0.4) is 0 Å². The highest BCUT2D eigenvalue weighted by molar-refractivity contribution is 14.1. The first-order valence-electron chi connectivity index (χ1n) is 8.05. The molecule has 0 amide bonds. The highest BCUT2D eigenvalue weighted by Crippen LogP contribution is 2.37. The molecule has 1 aromatic heterocycles. The highest BCUT2D eigenvalue weighted by atomic mass is 127. The molecule has 1 heterocycles. The van der Waals surface area contributed by atoms with Crippen molar-refractivity contribution in [3.8, 4) is 11.3 Å². The zero-order chi connectivity index (χ0) is 18.0. The topological polar surface area (TPSA) is 79.1 Å². The summed E-state index contributed by atoms with van der Waals surface area (Å²) in [5, 5.41) is 10.8. The second-order valence-corrected chi connectivity index (χ2v) is 7.54. The second kappa shape index (κ2) is 7.76. The Balaban J connectivity index is 2.28. The molecule has 25 heavy (non-hydrogen) atoms. The molecule has 4 nitrogen and oxygen atoms in total. The van der Waals surface area contributed by atoms with Gasteiger partial charge in [0.1, 0.15) is 0 Å². The van der Waals surface area contributed by atoms with Gasteiger partial charge >= 0.3 is 5.97 Å². The number of nitrogens with two attached hydrogens (primary N) is 1. The fourth-order valence-corrected chi connectivity index (χ4v) is 3.85. The zero-order valence-corrected chi connectivity index (χ0v) is 16.4. The summed E-state index contributed by atoms with van der Waals surface area (Å²) in [6.07, 6.45) is 2.53. The Morgan fingerprint density at radius 1 is 1.24 bits per heavy atom. The molecule has 3 rings (SSSR count). The van der Waals surface area contributed by atoms with E-state index in [9.17, 15) is 9.90 Å². The van der Waals surface area contributed by atoms with Gasteiger partial charge in [-0.05, 0) is 83.8 Å². The summed E-state index contributed by atoms with van der Waals surface area (Å²) in [5.41, 5.74) is 9.53. The van der Waals surface area contributed by atoms with Gasteiger partial charge in [-0.15, -0.1) is 0 Å². The fourth-order valence-electron chi connectivity index (χ4n) is 3.10. The summed E-state index contributed by atoms with van der Waals surface area (Å²) in [6, 6.07) is 11.3. The minimum absolute atomic E-state index is 0.273. The number of fused-ring (bicyclic) bond motifs is 1. The predicted octanol–water partition coefficient (Wildman–Crippen LogP) is 5.07. The van der Waals surface area contributed by atoms with E-state index in [-0.39, 0.29) is 5.56 Å². The number of hydrogen-bond acceptors (Lipinski definition) is 2. The van der Waals surface area contributed by atoms with E-state index in [1.165, 1.54) is 0 Å². The number of halogens is 2. The molecule has 6 heteroatoms. The summed E-state index contributed by atoms with van der Waals surface area (Å²) < 4.78 is 1.12. The molecule has 2 aromatic carbocycles. The normalized spacial score (nSPS) is 11.2. The maximum absolute atomic E-state index is 11.7. The maximum atomic E-state index is 11.7. The number of hydrogen-bond donors (Lipinski definition) is 3. The SMILES string of the molecule is NCCCCc1c(-c2cccc(I)c2)[nH]c2c(Cl)ccc(C(=O)O)c12. The monoisotopic (exact) mass is 468 g/mol. The Labute approximate surface area is 164 Å². The van der Waals surface area contributed by atoms with Gasteiger partial charge in [0.25, 0.3) is 0 Å². The first-order chi connectivity index (χ1) is 12.0. The molecular weight excluding hydrogens is 451 g/mol. The number of aromatic carboxylic acids is 1. The molecule has 0 fully saturated rings. The maximum Gasteiger partial charge on any atom is 0.336 e. The summed E-state index contributed by atoms with van der Waals surface area (Å²) in [6.45, 7) is 0.619. The van der Waals surface area contributed by atoms with E-state index in [4.69, 9.17) is 17.3 Å². The van der Waals surface area contributed by atoms with Crippen LogP contribution < -0.4 is 5.73 Å². The van der Waals surface area contributed by atoms with Crippen LogP contribution in [0, 0.1) is 3.57 Å². The molecule has 0 aliphatic rings. The van der Waals surface area contributed by atoms with Crippen molar-refractivity contribution < 1.29 is 9.90 Å². The molecule has 4 N–H and O–H groups in total. The van der Waals surface area contributed by atoms with E-state index >= 15 is 0 Å². The van der Waals surface area contributed by atoms with Crippen molar-refractivity contribution in [1.29, 1.82) is 0 Å². The van der Waals surface area contributed by atoms with E-state index in [1.807, 2.05) is 18.2 Å². The number of aromatic amines is 1. The van der Waals surface area contributed by atoms with E-state index in [0.29, 0.717) is 22.5 Å². The number of H-pyrrole nitrogens is 1. The van der Waals surface area contributed by atoms with Crippen LogP contribution in [0.4, 0.5) is 0 Å². The molecule has 0 aliphatic carbocycles. The van der Waals surface area contributed by atoms with Gasteiger partial charge in [-0.1, -0.05) is 23.7 Å². The zero-order valence-electron chi connectivity index (χ0n) is 13.5. The van der Waals surface area contributed by atoms with Crippen molar-refractivity contribution in [2.75, 3.05) is 6.54 Å². The first kappa shape index (κ1) is 18.2. The van der Waals surface area contributed by atoms with Crippen molar-refractivity contribution in [3.05, 3.63) is 56.1 Å². The standard InChI is InChI=1S/C19H18ClIN2O2/c20-15-8-7-14(19(24)25)16-13(6-1-2-9-22)17(23-18(15)16)11-4-3-5-12(21)10-11/h3-5,7-8,10,23H,1-2,6,9,22H2,(H,24,25). The van der Waals surface area contributed by atoms with Crippen LogP contribution in [0.2, 0.25) is 5.02 Å². The van der Waals surface area contributed by atoms with Crippen molar-refractivity contribution in [1.82, 2.24) is 4.98 Å². The van der Waals surface area contributed by atoms with Gasteiger partial charge in [-0.2, -0.15) is 0 Å². The number of benzene rings is 2. The van der Waals surface area contributed by atoms with Crippen molar-refractivity contribution >= 4 is 51.1 Å². The lowest BCUT2D eigenvalue weighted by atomic mass is 9.97. The third-order valence-electron chi connectivity index (χ3n) is 4.23. The van der Waals surface area contributed by atoms with Crippen molar-refractivity contribution in [3.63, 3.8) is 0 Å². The van der Waals surface area contributed by atoms with Crippen LogP contribution in [0.5, 0.6) is 0 Å². The molecule has 0 bridgehead atoms. The molecule has 130 valence electrons. The van der Waals surface area contributed by atoms with Gasteiger partial charge in [-0.25, -0.2) is 4.79 Å². The smallest absolute Gasteiger partial charge is 0.336 e. The number of carboxylic acids is 1. The summed E-state index contributed by atoms with van der Waals surface area (Å²) in [5.74, 6) is -0.949. The Hall–Kier alpha value is -1.57. The molecular formula is C19H18ClIN2O2. The number of rotatable bonds is 6. The average Bonchev–Trinajstić information content (AvgIpc) is 2.96. The third-order valence-corrected chi connectivity index (χ3v) is 5.22. The predicted molar refractivity (Wildman–Crippen MR) is 110 cm³/mol. The van der Waals surface area contributed by atoms with Crippen LogP contribution >= 0.6 is 34.2 Å². The van der Waals surface area contributed by atoms with Gasteiger partial charge in [0.15, 0.2) is 0 Å². The summed E-state index contributed by atoms with van der Waals surface area (Å²) in [7, 11) is 0. The lowest BCUT2D eigenvalue weighted by molar-refractivity contribution is 0.0699. The van der Waals surface area contributed by atoms with Gasteiger partial charge in [-0.3, -0.25) is 0 Å². The number of carbonyl (C=O) groups is 1. The number of carboxylic acid groups (broad SMARTS) is 1. The van der Waals surface area contributed by atoms with E-state index in [2.05, 4.69) is 33.6 Å². The highest BCUT2D eigenvalue weighted by Gasteiger charge is 2.20. The lowest BCUT2D eigenvalue weighted by Gasteiger charge is -2.07. The van der Waals surface area contributed by atoms with Crippen LogP contribution in [0.1, 0.15) is 28.8 Å². The molecule has 0 aliphatic heterocycles. The Bertz CT molecular complexity index is 937. The van der Waals surface area contributed by atoms with Crippen molar-refractivity contribution in [2.45, 2.75) is 19.3 Å². The lowest BCUT2D eigenvalue weighted by Crippen LogP contribution is -2.01. The fraction of sp³-hybridized carbons (Fsp3) is 0.211. The van der Waals surface area contributed by atoms with Crippen LogP contribution in [-0.2, 0) is 6.42 Å². The molecule has 0 unspecified atom stereocenters. The minimum atomic E-state index is -0.949. The van der Waals surface area contributed by atoms with Crippen LogP contribution in [0.15, 0.2) is 36.4 Å². The molecule has 0 radical (unpaired) electrons. The largest absolute Gasteiger partial charge is 0.478 e. The summed E-state index contributed by atoms with van der Waals surface area (Å²) in [4.78, 5) is 15.1. The van der Waals surface area contributed by atoms with E-state index in [0.717, 1.165) is 39.7 Å². The molecule has 0 atom stereocenters. The van der Waals surface area contributed by atoms with E-state index in [1.54, 1.807) is 12.1 Å². The Morgan fingerprint density at radius 2 is 2.04 bits per heavy atom. The third kappa shape index (κ3) is 3.68. The van der Waals surface area contributed by atoms with E-state index < -0.39 is 5.97 Å². The summed E-state index contributed by atoms with van der Waals surface area (Å²) >= 11 is 8.62. The Kier molecular flexibility index (Phi) is 5.66. The molecule has 0 saturated heterocycles. The number of nitrogens with one attached hydrogen (secondary N) is 1. The van der Waals surface area contributed by atoms with Gasteiger partial charge in [0.2, 0.25) is 0 Å². The Morgan fingerprint density at radius 3 is 2.72 bits per heavy atom. The average molecular weight is 469 g/mol. The van der Waals surface area contributed by atoms with Gasteiger partial charge < -0.3 is 15.8 Å². The quantitative estimate of drug-likeness (QED) is 0.349. The molecule has 3 aromatic rings. The number of aromatic nitrogens is 1. The number of unbranched alkanes of at least 4 members (excludes halogenated alkanes) is 1.